The summed E-state index contributed by atoms with van der Waals surface area (Å²) < 4.78 is 31.1. The maximum absolute atomic E-state index is 12.0. The molecule has 1 saturated carbocycles. The van der Waals surface area contributed by atoms with Crippen LogP contribution in [-0.2, 0) is 10.0 Å². The molecule has 0 heterocycles. The van der Waals surface area contributed by atoms with Crippen LogP contribution in [0.3, 0.4) is 0 Å². The molecule has 24 heavy (non-hydrogen) atoms. The van der Waals surface area contributed by atoms with Crippen molar-refractivity contribution in [2.75, 3.05) is 33.8 Å². The van der Waals surface area contributed by atoms with Crippen molar-refractivity contribution in [1.82, 2.24) is 9.21 Å². The van der Waals surface area contributed by atoms with Crippen LogP contribution >= 0.6 is 0 Å². The molecule has 1 aliphatic carbocycles. The Balaban J connectivity index is 1.83. The van der Waals surface area contributed by atoms with E-state index in [1.165, 1.54) is 37.7 Å². The summed E-state index contributed by atoms with van der Waals surface area (Å²) in [5.74, 6) is 1.44. The van der Waals surface area contributed by atoms with Gasteiger partial charge in [0.25, 0.3) is 0 Å². The summed E-state index contributed by atoms with van der Waals surface area (Å²) in [6.45, 7) is 7.20. The predicted octanol–water partition coefficient (Wildman–Crippen LogP) is 2.83. The minimum absolute atomic E-state index is 0.288. The van der Waals surface area contributed by atoms with E-state index in [9.17, 15) is 8.42 Å². The highest BCUT2D eigenvalue weighted by molar-refractivity contribution is 7.89. The molecule has 0 N–H and O–H groups in total. The van der Waals surface area contributed by atoms with Gasteiger partial charge in [-0.3, -0.25) is 4.90 Å². The zero-order chi connectivity index (χ0) is 17.7. The van der Waals surface area contributed by atoms with Crippen LogP contribution in [0.1, 0.15) is 33.1 Å². The molecule has 2 rings (SSSR count). The van der Waals surface area contributed by atoms with E-state index in [1.807, 2.05) is 0 Å². The molecule has 0 saturated heterocycles. The van der Waals surface area contributed by atoms with E-state index in [1.54, 1.807) is 24.3 Å². The Kier molecular flexibility index (Phi) is 6.66. The van der Waals surface area contributed by atoms with E-state index in [2.05, 4.69) is 18.7 Å². The van der Waals surface area contributed by atoms with Gasteiger partial charge in [-0.2, -0.15) is 0 Å². The van der Waals surface area contributed by atoms with E-state index in [-0.39, 0.29) is 4.90 Å². The first-order valence-corrected chi connectivity index (χ1v) is 10.1. The van der Waals surface area contributed by atoms with Crippen LogP contribution in [0.25, 0.3) is 0 Å². The number of sulfonamides is 1. The normalized spacial score (nSPS) is 15.5. The van der Waals surface area contributed by atoms with Gasteiger partial charge in [-0.1, -0.05) is 13.8 Å². The van der Waals surface area contributed by atoms with Crippen LogP contribution in [0.15, 0.2) is 29.2 Å². The molecule has 1 aliphatic rings. The summed E-state index contributed by atoms with van der Waals surface area (Å²) in [6.07, 6.45) is 3.82. The minimum Gasteiger partial charge on any atom is -0.492 e. The summed E-state index contributed by atoms with van der Waals surface area (Å²) >= 11 is 0. The van der Waals surface area contributed by atoms with Gasteiger partial charge in [-0.25, -0.2) is 12.7 Å². The van der Waals surface area contributed by atoms with Gasteiger partial charge in [0.05, 0.1) is 4.90 Å². The summed E-state index contributed by atoms with van der Waals surface area (Å²) in [5, 5.41) is 0. The van der Waals surface area contributed by atoms with Crippen molar-refractivity contribution in [3.8, 4) is 5.75 Å². The van der Waals surface area contributed by atoms with Crippen LogP contribution in [0.4, 0.5) is 0 Å². The molecular formula is C18H30N2O3S. The number of benzene rings is 1. The topological polar surface area (TPSA) is 49.9 Å². The molecule has 1 aromatic carbocycles. The number of hydrogen-bond acceptors (Lipinski definition) is 4. The van der Waals surface area contributed by atoms with Crippen molar-refractivity contribution < 1.29 is 13.2 Å². The first-order valence-electron chi connectivity index (χ1n) is 8.70. The molecule has 0 atom stereocenters. The van der Waals surface area contributed by atoms with Gasteiger partial charge in [0.2, 0.25) is 10.0 Å². The minimum atomic E-state index is -3.38. The van der Waals surface area contributed by atoms with Gasteiger partial charge in [0.15, 0.2) is 0 Å². The van der Waals surface area contributed by atoms with Crippen LogP contribution in [0, 0.1) is 5.92 Å². The second kappa shape index (κ2) is 8.32. The van der Waals surface area contributed by atoms with Crippen LogP contribution in [-0.4, -0.2) is 57.5 Å². The molecule has 1 fully saturated rings. The van der Waals surface area contributed by atoms with Crippen LogP contribution in [0.2, 0.25) is 0 Å². The molecule has 0 aromatic heterocycles. The number of nitrogens with zero attached hydrogens (tertiary/aromatic N) is 2. The largest absolute Gasteiger partial charge is 0.492 e. The van der Waals surface area contributed by atoms with Crippen molar-refractivity contribution in [1.29, 1.82) is 0 Å². The van der Waals surface area contributed by atoms with E-state index >= 15 is 0 Å². The molecule has 0 aliphatic heterocycles. The Bertz CT molecular complexity index is 608. The average Bonchev–Trinajstić information content (AvgIpc) is 3.35. The maximum Gasteiger partial charge on any atom is 0.242 e. The Hall–Kier alpha value is -1.11. The molecule has 0 radical (unpaired) electrons. The summed E-state index contributed by atoms with van der Waals surface area (Å²) in [7, 11) is -0.314. The third-order valence-corrected chi connectivity index (χ3v) is 6.14. The van der Waals surface area contributed by atoms with E-state index < -0.39 is 10.0 Å². The monoisotopic (exact) mass is 354 g/mol. The van der Waals surface area contributed by atoms with Crippen molar-refractivity contribution in [3.63, 3.8) is 0 Å². The van der Waals surface area contributed by atoms with Gasteiger partial charge >= 0.3 is 0 Å². The third-order valence-electron chi connectivity index (χ3n) is 4.31. The first kappa shape index (κ1) is 19.2. The lowest BCUT2D eigenvalue weighted by molar-refractivity contribution is 0.194. The van der Waals surface area contributed by atoms with Gasteiger partial charge in [0.1, 0.15) is 12.4 Å². The lowest BCUT2D eigenvalue weighted by Gasteiger charge is -2.23. The van der Waals surface area contributed by atoms with E-state index in [0.29, 0.717) is 12.4 Å². The Labute approximate surface area is 146 Å². The van der Waals surface area contributed by atoms with Crippen molar-refractivity contribution in [2.45, 2.75) is 44.0 Å². The summed E-state index contributed by atoms with van der Waals surface area (Å²) in [6, 6.07) is 7.39. The van der Waals surface area contributed by atoms with Gasteiger partial charge in [-0.15, -0.1) is 0 Å². The standard InChI is InChI=1S/C18H30N2O3S/c1-15(2)11-12-20(16-5-6-16)13-14-23-17-7-9-18(10-8-17)24(21,22)19(3)4/h7-10,15-16H,5-6,11-14H2,1-4H3. The van der Waals surface area contributed by atoms with E-state index in [4.69, 9.17) is 4.74 Å². The molecule has 1 aromatic rings. The quantitative estimate of drug-likeness (QED) is 0.648. The van der Waals surface area contributed by atoms with Gasteiger partial charge in [-0.05, 0) is 56.0 Å². The number of hydrogen-bond donors (Lipinski definition) is 0. The zero-order valence-electron chi connectivity index (χ0n) is 15.2. The maximum atomic E-state index is 12.0. The lowest BCUT2D eigenvalue weighted by atomic mass is 10.1. The lowest BCUT2D eigenvalue weighted by Crippen LogP contribution is -2.32. The zero-order valence-corrected chi connectivity index (χ0v) is 16.1. The van der Waals surface area contributed by atoms with Crippen LogP contribution in [0.5, 0.6) is 5.75 Å². The number of rotatable bonds is 10. The van der Waals surface area contributed by atoms with Crippen molar-refractivity contribution in [2.24, 2.45) is 5.92 Å². The highest BCUT2D eigenvalue weighted by Crippen LogP contribution is 2.27. The predicted molar refractivity (Wildman–Crippen MR) is 96.9 cm³/mol. The summed E-state index contributed by atoms with van der Waals surface area (Å²) in [5.41, 5.74) is 0. The highest BCUT2D eigenvalue weighted by atomic mass is 32.2. The van der Waals surface area contributed by atoms with Gasteiger partial charge in [0, 0.05) is 26.7 Å². The number of ether oxygens (including phenoxy) is 1. The molecule has 5 nitrogen and oxygen atoms in total. The average molecular weight is 355 g/mol. The Morgan fingerprint density at radius 1 is 1.12 bits per heavy atom. The first-order chi connectivity index (χ1) is 11.3. The third kappa shape index (κ3) is 5.46. The second-order valence-electron chi connectivity index (χ2n) is 7.06. The highest BCUT2D eigenvalue weighted by Gasteiger charge is 2.28. The van der Waals surface area contributed by atoms with E-state index in [0.717, 1.165) is 25.0 Å². The van der Waals surface area contributed by atoms with Crippen molar-refractivity contribution in [3.05, 3.63) is 24.3 Å². The van der Waals surface area contributed by atoms with Crippen LogP contribution < -0.4 is 4.74 Å². The SMILES string of the molecule is CC(C)CCN(CCOc1ccc(S(=O)(=O)N(C)C)cc1)C1CC1. The molecule has 0 amide bonds. The smallest absolute Gasteiger partial charge is 0.242 e. The fourth-order valence-corrected chi connectivity index (χ4v) is 3.44. The molecule has 0 unspecified atom stereocenters. The molecular weight excluding hydrogens is 324 g/mol. The Morgan fingerprint density at radius 2 is 1.75 bits per heavy atom. The molecule has 0 spiro atoms. The summed E-state index contributed by atoms with van der Waals surface area (Å²) in [4.78, 5) is 2.81. The van der Waals surface area contributed by atoms with Gasteiger partial charge < -0.3 is 4.74 Å². The molecule has 6 heteroatoms. The molecule has 136 valence electrons. The fraction of sp³-hybridized carbons (Fsp3) is 0.667. The second-order valence-corrected chi connectivity index (χ2v) is 9.21. The Morgan fingerprint density at radius 3 is 2.25 bits per heavy atom. The molecule has 0 bridgehead atoms. The fourth-order valence-electron chi connectivity index (χ4n) is 2.54. The van der Waals surface area contributed by atoms with Crippen molar-refractivity contribution >= 4 is 10.0 Å².